The molecule has 0 aromatic heterocycles. The molecule has 11 heteroatoms. The van der Waals surface area contributed by atoms with Gasteiger partial charge in [0.2, 0.25) is 11.8 Å². The van der Waals surface area contributed by atoms with Crippen LogP contribution in [-0.4, -0.2) is 118 Å². The van der Waals surface area contributed by atoms with E-state index in [1.807, 2.05) is 30.3 Å². The van der Waals surface area contributed by atoms with Crippen molar-refractivity contribution in [3.63, 3.8) is 0 Å². The quantitative estimate of drug-likeness (QED) is 0.224. The summed E-state index contributed by atoms with van der Waals surface area (Å²) in [5.41, 5.74) is 0.749. The van der Waals surface area contributed by atoms with E-state index in [1.54, 1.807) is 34.6 Å². The fourth-order valence-corrected chi connectivity index (χ4v) is 10.5. The number of esters is 1. The van der Waals surface area contributed by atoms with E-state index >= 15 is 0 Å². The summed E-state index contributed by atoms with van der Waals surface area (Å²) >= 11 is 5.36. The van der Waals surface area contributed by atoms with Crippen LogP contribution >= 0.6 is 27.7 Å². The van der Waals surface area contributed by atoms with Crippen LogP contribution < -0.4 is 0 Å². The van der Waals surface area contributed by atoms with Crippen LogP contribution in [0.4, 0.5) is 0 Å². The Morgan fingerprint density at radius 1 is 1.32 bits per heavy atom. The molecule has 4 aliphatic heterocycles. The predicted octanol–water partition coefficient (Wildman–Crippen LogP) is 2.09. The molecule has 4 heterocycles. The lowest BCUT2D eigenvalue weighted by Crippen LogP contribution is -2.57. The molecule has 7 atom stereocenters. The minimum absolute atomic E-state index is 0.0447. The lowest BCUT2D eigenvalue weighted by Gasteiger charge is -2.40. The summed E-state index contributed by atoms with van der Waals surface area (Å²) in [6.07, 6.45) is 2.28. The lowest BCUT2D eigenvalue weighted by atomic mass is 9.71. The maximum atomic E-state index is 14.7. The van der Waals surface area contributed by atoms with Crippen molar-refractivity contribution in [1.82, 2.24) is 14.7 Å². The number of carbonyl (C=O) groups excluding carboxylic acids is 3. The summed E-state index contributed by atoms with van der Waals surface area (Å²) in [7, 11) is 0. The smallest absolute Gasteiger partial charge is 0.310 e. The number of ether oxygens (including phenoxy) is 2. The third kappa shape index (κ3) is 5.12. The molecule has 0 radical (unpaired) electrons. The molecule has 5 rings (SSSR count). The number of halogens is 1. The van der Waals surface area contributed by atoms with E-state index in [9.17, 15) is 19.5 Å². The predicted molar refractivity (Wildman–Crippen MR) is 156 cm³/mol. The molecular formula is C29H38BrN3O6S. The number of rotatable bonds is 11. The van der Waals surface area contributed by atoms with Gasteiger partial charge < -0.3 is 24.4 Å². The summed E-state index contributed by atoms with van der Waals surface area (Å²) in [6.45, 7) is 9.98. The number of aliphatic hydroxyl groups is 1. The minimum Gasteiger partial charge on any atom is -0.466 e. The Hall–Kier alpha value is -1.92. The Morgan fingerprint density at radius 2 is 2.05 bits per heavy atom. The van der Waals surface area contributed by atoms with E-state index in [-0.39, 0.29) is 35.1 Å². The van der Waals surface area contributed by atoms with Crippen molar-refractivity contribution < 1.29 is 29.0 Å². The summed E-state index contributed by atoms with van der Waals surface area (Å²) in [4.78, 5) is 48.0. The van der Waals surface area contributed by atoms with Gasteiger partial charge in [0.15, 0.2) is 0 Å². The van der Waals surface area contributed by atoms with Gasteiger partial charge in [-0.3, -0.25) is 19.3 Å². The highest BCUT2D eigenvalue weighted by Crippen LogP contribution is 2.68. The Morgan fingerprint density at radius 3 is 2.70 bits per heavy atom. The first kappa shape index (κ1) is 29.6. The Bertz CT molecular complexity index is 1100. The van der Waals surface area contributed by atoms with Crippen LogP contribution in [0.2, 0.25) is 0 Å². The average Bonchev–Trinajstić information content (AvgIpc) is 3.56. The topological polar surface area (TPSA) is 99.6 Å². The number of thioether (sulfide) groups is 1. The summed E-state index contributed by atoms with van der Waals surface area (Å²) in [6, 6.07) is 7.75. The van der Waals surface area contributed by atoms with Crippen LogP contribution in [-0.2, 0) is 23.9 Å². The molecule has 4 fully saturated rings. The van der Waals surface area contributed by atoms with Gasteiger partial charge in [-0.25, -0.2) is 0 Å². The van der Waals surface area contributed by atoms with E-state index in [2.05, 4.69) is 27.4 Å². The molecule has 4 aliphatic rings. The number of amides is 2. The molecule has 218 valence electrons. The Labute approximate surface area is 248 Å². The van der Waals surface area contributed by atoms with Crippen LogP contribution in [0, 0.1) is 11.8 Å². The molecule has 3 unspecified atom stereocenters. The molecule has 2 amide bonds. The average molecular weight is 637 g/mol. The number of carbonyl (C=O) groups is 3. The summed E-state index contributed by atoms with van der Waals surface area (Å²) in [5, 5.41) is 10.5. The molecule has 1 aromatic rings. The first-order chi connectivity index (χ1) is 19.4. The molecular weight excluding hydrogens is 598 g/mol. The Balaban J connectivity index is 1.54. The van der Waals surface area contributed by atoms with Gasteiger partial charge >= 0.3 is 5.97 Å². The van der Waals surface area contributed by atoms with Crippen molar-refractivity contribution >= 4 is 45.5 Å². The number of hydrogen-bond donors (Lipinski definition) is 1. The first-order valence-electron chi connectivity index (χ1n) is 14.0. The minimum atomic E-state index is -0.846. The molecule has 9 nitrogen and oxygen atoms in total. The zero-order chi connectivity index (χ0) is 28.4. The van der Waals surface area contributed by atoms with Gasteiger partial charge in [0.05, 0.1) is 49.1 Å². The van der Waals surface area contributed by atoms with Crippen molar-refractivity contribution in [3.05, 3.63) is 48.6 Å². The fraction of sp³-hybridized carbons (Fsp3) is 0.621. The lowest BCUT2D eigenvalue weighted by molar-refractivity contribution is -0.154. The largest absolute Gasteiger partial charge is 0.466 e. The number of likely N-dealkylation sites (tertiary alicyclic amines) is 1. The molecule has 1 spiro atoms. The molecule has 2 bridgehead atoms. The zero-order valence-corrected chi connectivity index (χ0v) is 25.2. The number of hydrogen-bond acceptors (Lipinski definition) is 8. The Kier molecular flexibility index (Phi) is 9.26. The SMILES string of the molecule is C=CCN(CCN1CCOCC1)C(=O)C1N([C@H](CO)c2ccccc2)C(=O)[C@@H]2[C@@H](C(=O)OCC)[C@@H]3SC12CC3Br. The van der Waals surface area contributed by atoms with Crippen LogP contribution in [0.5, 0.6) is 0 Å². The maximum absolute atomic E-state index is 14.7. The number of nitrogens with zero attached hydrogens (tertiary/aromatic N) is 3. The van der Waals surface area contributed by atoms with Gasteiger partial charge in [0.25, 0.3) is 0 Å². The molecule has 0 aliphatic carbocycles. The van der Waals surface area contributed by atoms with Crippen LogP contribution in [0.1, 0.15) is 24.9 Å². The van der Waals surface area contributed by atoms with Gasteiger partial charge in [-0.15, -0.1) is 18.3 Å². The summed E-state index contributed by atoms with van der Waals surface area (Å²) in [5.74, 6) is -2.19. The number of benzene rings is 1. The number of fused-ring (bicyclic) bond motifs is 1. The third-order valence-corrected chi connectivity index (χ3v) is 11.9. The van der Waals surface area contributed by atoms with Crippen LogP contribution in [0.3, 0.4) is 0 Å². The summed E-state index contributed by atoms with van der Waals surface area (Å²) < 4.78 is 10.1. The third-order valence-electron chi connectivity index (χ3n) is 8.66. The second kappa shape index (κ2) is 12.5. The zero-order valence-electron chi connectivity index (χ0n) is 22.8. The van der Waals surface area contributed by atoms with E-state index in [0.29, 0.717) is 39.3 Å². The monoisotopic (exact) mass is 635 g/mol. The normalized spacial score (nSPS) is 32.1. The highest BCUT2D eigenvalue weighted by molar-refractivity contribution is 9.09. The van der Waals surface area contributed by atoms with Gasteiger partial charge in [0.1, 0.15) is 6.04 Å². The van der Waals surface area contributed by atoms with Crippen molar-refractivity contribution in [3.8, 4) is 0 Å². The molecule has 1 aromatic carbocycles. The van der Waals surface area contributed by atoms with Crippen LogP contribution in [0.25, 0.3) is 0 Å². The van der Waals surface area contributed by atoms with Gasteiger partial charge in [0, 0.05) is 42.8 Å². The molecule has 1 N–H and O–H groups in total. The van der Waals surface area contributed by atoms with E-state index in [1.165, 1.54) is 0 Å². The van der Waals surface area contributed by atoms with Crippen LogP contribution in [0.15, 0.2) is 43.0 Å². The van der Waals surface area contributed by atoms with E-state index in [0.717, 1.165) is 18.7 Å². The highest BCUT2D eigenvalue weighted by Gasteiger charge is 2.76. The second-order valence-electron chi connectivity index (χ2n) is 10.8. The maximum Gasteiger partial charge on any atom is 0.310 e. The molecule has 0 saturated carbocycles. The number of aliphatic hydroxyl groups excluding tert-OH is 1. The fourth-order valence-electron chi connectivity index (χ4n) is 6.93. The molecule has 40 heavy (non-hydrogen) atoms. The van der Waals surface area contributed by atoms with Crippen molar-refractivity contribution in [2.24, 2.45) is 11.8 Å². The van der Waals surface area contributed by atoms with Gasteiger partial charge in [-0.2, -0.15) is 0 Å². The van der Waals surface area contributed by atoms with E-state index in [4.69, 9.17) is 9.47 Å². The van der Waals surface area contributed by atoms with Crippen molar-refractivity contribution in [2.45, 2.75) is 40.3 Å². The standard InChI is InChI=1S/C29H38BrN3O6S/c1-3-10-32(12-11-31-13-15-38-16-14-31)27(36)25-29-17-20(30)24(40-29)22(28(37)39-4-2)23(29)26(35)33(25)21(18-34)19-8-6-5-7-9-19/h3,5-9,20-25,34H,1,4,10-18H2,2H3/t20?,21-,22-,23+,24-,25?,29?/m1/s1. The van der Waals surface area contributed by atoms with Gasteiger partial charge in [-0.1, -0.05) is 52.3 Å². The van der Waals surface area contributed by atoms with E-state index < -0.39 is 34.6 Å². The van der Waals surface area contributed by atoms with Gasteiger partial charge in [-0.05, 0) is 18.9 Å². The van der Waals surface area contributed by atoms with Crippen molar-refractivity contribution in [1.29, 1.82) is 0 Å². The molecule has 4 saturated heterocycles. The second-order valence-corrected chi connectivity index (χ2v) is 13.5. The first-order valence-corrected chi connectivity index (χ1v) is 15.8. The van der Waals surface area contributed by atoms with Crippen molar-refractivity contribution in [2.75, 3.05) is 59.2 Å². The highest BCUT2D eigenvalue weighted by atomic mass is 79.9. The number of morpholine rings is 1. The number of alkyl halides is 1.